The van der Waals surface area contributed by atoms with E-state index in [1.807, 2.05) is 13.0 Å². The predicted molar refractivity (Wildman–Crippen MR) is 50.1 cm³/mol. The number of aliphatic imine (C=N–C) groups is 2. The summed E-state index contributed by atoms with van der Waals surface area (Å²) in [5.74, 6) is 0.828. The first-order valence-corrected chi connectivity index (χ1v) is 3.88. The van der Waals surface area contributed by atoms with Crippen LogP contribution in [0.5, 0.6) is 0 Å². The zero-order valence-corrected chi connectivity index (χ0v) is 6.96. The van der Waals surface area contributed by atoms with E-state index in [1.54, 1.807) is 6.34 Å². The summed E-state index contributed by atoms with van der Waals surface area (Å²) in [4.78, 5) is 8.35. The van der Waals surface area contributed by atoms with Crippen molar-refractivity contribution in [3.05, 3.63) is 11.8 Å². The largest absolute Gasteiger partial charge is 0.344 e. The van der Waals surface area contributed by atoms with E-state index in [-0.39, 0.29) is 1.43 Å². The van der Waals surface area contributed by atoms with Crippen LogP contribution in [0.4, 0.5) is 0 Å². The summed E-state index contributed by atoms with van der Waals surface area (Å²) < 4.78 is 0. The third kappa shape index (κ3) is 1.90. The molecule has 0 amide bonds. The molecule has 0 atom stereocenters. The van der Waals surface area contributed by atoms with Crippen LogP contribution in [0.1, 0.15) is 21.7 Å². The van der Waals surface area contributed by atoms with E-state index in [2.05, 4.69) is 22.2 Å². The molecule has 11 heavy (non-hydrogen) atoms. The fraction of sp³-hybridized carbons (Fsp3) is 0.500. The monoisotopic (exact) mass is 153 g/mol. The van der Waals surface area contributed by atoms with Crippen molar-refractivity contribution < 1.29 is 1.43 Å². The minimum absolute atomic E-state index is 0. The lowest BCUT2D eigenvalue weighted by Gasteiger charge is -1.95. The van der Waals surface area contributed by atoms with Crippen molar-refractivity contribution in [3.63, 3.8) is 0 Å². The molecule has 3 heteroatoms. The van der Waals surface area contributed by atoms with Gasteiger partial charge in [-0.25, -0.2) is 4.99 Å². The minimum Gasteiger partial charge on any atom is -0.344 e. The van der Waals surface area contributed by atoms with E-state index in [0.717, 1.165) is 24.5 Å². The summed E-state index contributed by atoms with van der Waals surface area (Å²) in [6.07, 6.45) is 4.71. The van der Waals surface area contributed by atoms with Gasteiger partial charge in [0.25, 0.3) is 0 Å². The molecule has 3 nitrogen and oxygen atoms in total. The topological polar surface area (TPSA) is 36.8 Å². The summed E-state index contributed by atoms with van der Waals surface area (Å²) in [6, 6.07) is 0. The molecule has 0 radical (unpaired) electrons. The molecule has 1 aliphatic rings. The van der Waals surface area contributed by atoms with Crippen molar-refractivity contribution in [2.45, 2.75) is 20.3 Å². The van der Waals surface area contributed by atoms with Crippen LogP contribution in [0, 0.1) is 0 Å². The maximum Gasteiger partial charge on any atom is 0.172 e. The van der Waals surface area contributed by atoms with E-state index in [0.29, 0.717) is 0 Å². The quantitative estimate of drug-likeness (QED) is 0.642. The van der Waals surface area contributed by atoms with Gasteiger partial charge >= 0.3 is 0 Å². The first kappa shape index (κ1) is 7.98. The van der Waals surface area contributed by atoms with Gasteiger partial charge in [-0.05, 0) is 13.3 Å². The normalized spacial score (nSPS) is 23.1. The Morgan fingerprint density at radius 3 is 3.27 bits per heavy atom. The molecule has 0 saturated heterocycles. The second kappa shape index (κ2) is 3.91. The summed E-state index contributed by atoms with van der Waals surface area (Å²) in [5, 5.41) is 3.00. The van der Waals surface area contributed by atoms with Gasteiger partial charge in [-0.1, -0.05) is 13.0 Å². The fourth-order valence-corrected chi connectivity index (χ4v) is 0.853. The van der Waals surface area contributed by atoms with Gasteiger partial charge in [0, 0.05) is 7.97 Å². The first-order chi connectivity index (χ1) is 5.38. The Balaban J connectivity index is 0.00000121. The fourth-order valence-electron chi connectivity index (χ4n) is 0.853. The molecule has 1 heterocycles. The van der Waals surface area contributed by atoms with Crippen LogP contribution < -0.4 is 5.32 Å². The van der Waals surface area contributed by atoms with Gasteiger partial charge in [-0.2, -0.15) is 0 Å². The van der Waals surface area contributed by atoms with Gasteiger partial charge in [-0.15, -0.1) is 0 Å². The Morgan fingerprint density at radius 2 is 2.64 bits per heavy atom. The number of rotatable bonds is 2. The summed E-state index contributed by atoms with van der Waals surface area (Å²) in [7, 11) is 0. The highest BCUT2D eigenvalue weighted by Crippen LogP contribution is 2.00. The van der Waals surface area contributed by atoms with E-state index in [4.69, 9.17) is 0 Å². The van der Waals surface area contributed by atoms with Crippen LogP contribution >= 0.6 is 0 Å². The lowest BCUT2D eigenvalue weighted by molar-refractivity contribution is 0.930. The molecule has 0 saturated carbocycles. The van der Waals surface area contributed by atoms with Crippen LogP contribution in [0.2, 0.25) is 0 Å². The van der Waals surface area contributed by atoms with Crippen LogP contribution in [0.25, 0.3) is 0 Å². The van der Waals surface area contributed by atoms with Crippen molar-refractivity contribution in [1.29, 1.82) is 0 Å². The van der Waals surface area contributed by atoms with Gasteiger partial charge in [0.05, 0.1) is 12.0 Å². The molecular weight excluding hydrogens is 138 g/mol. The Hall–Kier alpha value is -1.12. The molecule has 1 aliphatic heterocycles. The molecule has 0 aliphatic carbocycles. The Morgan fingerprint density at radius 1 is 1.82 bits per heavy atom. The Kier molecular flexibility index (Phi) is 2.83. The average molecular weight is 153 g/mol. The standard InChI is InChI=1S/C8H13N3.H2/c1-3-5-9-8-7(4-2)10-6-11-8;/h4,6H,3,5H2,1-2H3,(H,9,10,11);1H/b7-4+;. The number of hydrogen-bond acceptors (Lipinski definition) is 2. The number of hydrogen-bond donors (Lipinski definition) is 1. The lowest BCUT2D eigenvalue weighted by atomic mass is 10.4. The third-order valence-electron chi connectivity index (χ3n) is 1.42. The highest BCUT2D eigenvalue weighted by Gasteiger charge is 2.06. The summed E-state index contributed by atoms with van der Waals surface area (Å²) in [5.41, 5.74) is 1.01. The molecule has 1 N–H and O–H groups in total. The maximum atomic E-state index is 4.28. The maximum absolute atomic E-state index is 4.28. The van der Waals surface area contributed by atoms with Crippen molar-refractivity contribution >= 4 is 12.2 Å². The van der Waals surface area contributed by atoms with Crippen LogP contribution in [0.15, 0.2) is 21.8 Å². The molecule has 0 aromatic carbocycles. The number of nitrogens with zero attached hydrogens (tertiary/aromatic N) is 2. The van der Waals surface area contributed by atoms with Gasteiger partial charge in [-0.3, -0.25) is 4.99 Å². The van der Waals surface area contributed by atoms with E-state index >= 15 is 0 Å². The van der Waals surface area contributed by atoms with Gasteiger partial charge in [0.1, 0.15) is 0 Å². The van der Waals surface area contributed by atoms with Crippen molar-refractivity contribution in [2.24, 2.45) is 9.98 Å². The number of nitrogens with one attached hydrogen (secondary N) is 1. The predicted octanol–water partition coefficient (Wildman–Crippen LogP) is 1.58. The van der Waals surface area contributed by atoms with Crippen molar-refractivity contribution in [3.8, 4) is 0 Å². The Bertz CT molecular complexity index is 218. The van der Waals surface area contributed by atoms with Gasteiger partial charge < -0.3 is 5.32 Å². The number of amidine groups is 1. The minimum atomic E-state index is 0. The van der Waals surface area contributed by atoms with Gasteiger partial charge in [0.15, 0.2) is 5.84 Å². The number of allylic oxidation sites excluding steroid dienone is 1. The average Bonchev–Trinajstić information content (AvgIpc) is 2.47. The zero-order valence-electron chi connectivity index (χ0n) is 6.96. The highest BCUT2D eigenvalue weighted by atomic mass is 15.1. The molecule has 0 unspecified atom stereocenters. The molecular formula is C8H15N3. The molecule has 0 fully saturated rings. The van der Waals surface area contributed by atoms with Crippen LogP contribution in [-0.2, 0) is 0 Å². The van der Waals surface area contributed by atoms with Crippen molar-refractivity contribution in [2.75, 3.05) is 6.54 Å². The second-order valence-corrected chi connectivity index (χ2v) is 2.31. The third-order valence-corrected chi connectivity index (χ3v) is 1.42. The highest BCUT2D eigenvalue weighted by molar-refractivity contribution is 6.07. The first-order valence-electron chi connectivity index (χ1n) is 3.88. The molecule has 0 aromatic heterocycles. The van der Waals surface area contributed by atoms with E-state index in [1.165, 1.54) is 0 Å². The second-order valence-electron chi connectivity index (χ2n) is 2.31. The smallest absolute Gasteiger partial charge is 0.172 e. The molecule has 0 bridgehead atoms. The molecule has 62 valence electrons. The molecule has 0 aromatic rings. The van der Waals surface area contributed by atoms with Crippen LogP contribution in [0.3, 0.4) is 0 Å². The molecule has 1 rings (SSSR count). The Labute approximate surface area is 68.4 Å². The van der Waals surface area contributed by atoms with Crippen LogP contribution in [-0.4, -0.2) is 18.7 Å². The SMILES string of the molecule is C/C=C1/NC=NC1=NCCC.[HH]. The van der Waals surface area contributed by atoms with Gasteiger partial charge in [0.2, 0.25) is 0 Å². The lowest BCUT2D eigenvalue weighted by Crippen LogP contribution is -2.08. The summed E-state index contributed by atoms with van der Waals surface area (Å²) in [6.45, 7) is 4.93. The van der Waals surface area contributed by atoms with Crippen molar-refractivity contribution in [1.82, 2.24) is 5.32 Å². The zero-order chi connectivity index (χ0) is 8.10. The summed E-state index contributed by atoms with van der Waals surface area (Å²) >= 11 is 0. The molecule has 0 spiro atoms. The van der Waals surface area contributed by atoms with E-state index < -0.39 is 0 Å². The van der Waals surface area contributed by atoms with E-state index in [9.17, 15) is 0 Å².